The highest BCUT2D eigenvalue weighted by atomic mass is 17.1. The zero-order valence-corrected chi connectivity index (χ0v) is 11.0. The summed E-state index contributed by atoms with van der Waals surface area (Å²) in [5.41, 5.74) is 0. The van der Waals surface area contributed by atoms with E-state index in [-0.39, 0.29) is 18.9 Å². The number of hydrogen-bond acceptors (Lipinski definition) is 10. The summed E-state index contributed by atoms with van der Waals surface area (Å²) in [5.74, 6) is -0.497. The van der Waals surface area contributed by atoms with E-state index < -0.39 is 29.0 Å². The number of hydrogen-bond donors (Lipinski definition) is 4. The molecule has 0 saturated heterocycles. The molecule has 0 aromatic heterocycles. The maximum atomic E-state index is 11.3. The van der Waals surface area contributed by atoms with Gasteiger partial charge in [0.25, 0.3) is 0 Å². The van der Waals surface area contributed by atoms with Gasteiger partial charge in [-0.2, -0.15) is 0 Å². The van der Waals surface area contributed by atoms with E-state index in [0.29, 0.717) is 0 Å². The summed E-state index contributed by atoms with van der Waals surface area (Å²) in [5, 5.41) is 33.0. The molecule has 10 nitrogen and oxygen atoms in total. The Morgan fingerprint density at radius 3 is 2.00 bits per heavy atom. The van der Waals surface area contributed by atoms with Crippen molar-refractivity contribution in [2.45, 2.75) is 51.9 Å². The van der Waals surface area contributed by atoms with E-state index >= 15 is 0 Å². The SMILES string of the molecule is CC(C)OC(=O)CC[C@@H](ON(O)O)[C@@H](C)ON(O)O. The summed E-state index contributed by atoms with van der Waals surface area (Å²) in [7, 11) is 0. The Morgan fingerprint density at radius 2 is 1.58 bits per heavy atom. The number of esters is 1. The van der Waals surface area contributed by atoms with E-state index in [1.165, 1.54) is 6.92 Å². The maximum Gasteiger partial charge on any atom is 0.306 e. The lowest BCUT2D eigenvalue weighted by Gasteiger charge is -2.24. The third-order valence-electron chi connectivity index (χ3n) is 2.01. The summed E-state index contributed by atoms with van der Waals surface area (Å²) >= 11 is 0. The van der Waals surface area contributed by atoms with Gasteiger partial charge in [0.15, 0.2) is 0 Å². The second-order valence-corrected chi connectivity index (χ2v) is 4.04. The van der Waals surface area contributed by atoms with Gasteiger partial charge in [-0.1, -0.05) is 0 Å². The van der Waals surface area contributed by atoms with Gasteiger partial charge in [-0.3, -0.25) is 25.6 Å². The van der Waals surface area contributed by atoms with Crippen LogP contribution in [0.25, 0.3) is 0 Å². The lowest BCUT2D eigenvalue weighted by molar-refractivity contribution is -0.537. The first kappa shape index (κ1) is 18.1. The molecule has 0 aliphatic carbocycles. The molecule has 0 aromatic rings. The Labute approximate surface area is 110 Å². The van der Waals surface area contributed by atoms with Crippen LogP contribution in [0.15, 0.2) is 0 Å². The molecule has 0 aromatic carbocycles. The molecule has 0 aliphatic heterocycles. The zero-order valence-electron chi connectivity index (χ0n) is 11.0. The predicted octanol–water partition coefficient (Wildman–Crippen LogP) is 0.499. The number of carbonyl (C=O) groups excluding carboxylic acids is 1. The van der Waals surface area contributed by atoms with E-state index in [1.54, 1.807) is 13.8 Å². The van der Waals surface area contributed by atoms with Crippen molar-refractivity contribution in [1.82, 2.24) is 10.8 Å². The van der Waals surface area contributed by atoms with Gasteiger partial charge in [0.1, 0.15) is 12.2 Å². The Morgan fingerprint density at radius 1 is 1.05 bits per heavy atom. The minimum Gasteiger partial charge on any atom is -0.463 e. The van der Waals surface area contributed by atoms with Crippen LogP contribution in [0.4, 0.5) is 0 Å². The van der Waals surface area contributed by atoms with Crippen LogP contribution >= 0.6 is 0 Å². The van der Waals surface area contributed by atoms with E-state index in [2.05, 4.69) is 9.68 Å². The van der Waals surface area contributed by atoms with Crippen LogP contribution in [0.3, 0.4) is 0 Å². The lowest BCUT2D eigenvalue weighted by Crippen LogP contribution is -2.38. The Kier molecular flexibility index (Phi) is 8.71. The molecule has 0 heterocycles. The van der Waals surface area contributed by atoms with Crippen molar-refractivity contribution >= 4 is 5.97 Å². The molecular formula is C9H20N2O8. The number of nitrogens with zero attached hydrogens (tertiary/aromatic N) is 2. The van der Waals surface area contributed by atoms with Crippen molar-refractivity contribution in [1.29, 1.82) is 0 Å². The van der Waals surface area contributed by atoms with Crippen molar-refractivity contribution in [3.8, 4) is 0 Å². The van der Waals surface area contributed by atoms with Crippen molar-refractivity contribution in [3.63, 3.8) is 0 Å². The summed E-state index contributed by atoms with van der Waals surface area (Å²) in [4.78, 5) is 20.3. The van der Waals surface area contributed by atoms with E-state index in [4.69, 9.17) is 25.6 Å². The van der Waals surface area contributed by atoms with Gasteiger partial charge in [-0.25, -0.2) is 9.68 Å². The van der Waals surface area contributed by atoms with Gasteiger partial charge in [0.2, 0.25) is 0 Å². The van der Waals surface area contributed by atoms with Gasteiger partial charge >= 0.3 is 5.97 Å². The standard InChI is InChI=1S/C9H20N2O8/c1-6(2)17-9(12)5-4-8(19-11(15)16)7(3)18-10(13)14/h6-8,13-16H,4-5H2,1-3H3/t7-,8-/m1/s1. The van der Waals surface area contributed by atoms with Gasteiger partial charge in [-0.05, 0) is 27.2 Å². The highest BCUT2D eigenvalue weighted by molar-refractivity contribution is 5.69. The Hall–Kier alpha value is -0.850. The van der Waals surface area contributed by atoms with Crippen LogP contribution in [0.2, 0.25) is 0 Å². The highest BCUT2D eigenvalue weighted by Crippen LogP contribution is 2.13. The molecular weight excluding hydrogens is 264 g/mol. The normalized spacial score (nSPS) is 15.1. The Balaban J connectivity index is 4.30. The largest absolute Gasteiger partial charge is 0.463 e. The van der Waals surface area contributed by atoms with Crippen molar-refractivity contribution in [2.75, 3.05) is 0 Å². The fourth-order valence-electron chi connectivity index (χ4n) is 1.29. The molecule has 0 saturated carbocycles. The summed E-state index contributed by atoms with van der Waals surface area (Å²) in [6.45, 7) is 4.76. The molecule has 0 radical (unpaired) electrons. The zero-order chi connectivity index (χ0) is 15.0. The second kappa shape index (κ2) is 9.12. The molecule has 114 valence electrons. The average molecular weight is 284 g/mol. The van der Waals surface area contributed by atoms with Gasteiger partial charge in [0.05, 0.1) is 16.9 Å². The molecule has 19 heavy (non-hydrogen) atoms. The fraction of sp³-hybridized carbons (Fsp3) is 0.889. The van der Waals surface area contributed by atoms with Gasteiger partial charge in [0, 0.05) is 6.42 Å². The number of carbonyl (C=O) groups is 1. The van der Waals surface area contributed by atoms with E-state index in [1.807, 2.05) is 0 Å². The fourth-order valence-corrected chi connectivity index (χ4v) is 1.29. The molecule has 0 rings (SSSR count). The van der Waals surface area contributed by atoms with Crippen LogP contribution in [0.5, 0.6) is 0 Å². The molecule has 0 spiro atoms. The van der Waals surface area contributed by atoms with Crippen LogP contribution in [-0.2, 0) is 19.2 Å². The smallest absolute Gasteiger partial charge is 0.306 e. The quantitative estimate of drug-likeness (QED) is 0.350. The minimum absolute atomic E-state index is 0.0121. The Bertz CT molecular complexity index is 261. The first-order chi connectivity index (χ1) is 8.72. The van der Waals surface area contributed by atoms with E-state index in [9.17, 15) is 4.79 Å². The minimum atomic E-state index is -1.02. The molecule has 0 aliphatic rings. The van der Waals surface area contributed by atoms with Crippen molar-refractivity contribution < 1.29 is 40.0 Å². The first-order valence-electron chi connectivity index (χ1n) is 5.61. The summed E-state index contributed by atoms with van der Waals surface area (Å²) in [6.07, 6.45) is -2.31. The number of rotatable bonds is 9. The molecule has 0 fully saturated rings. The third-order valence-corrected chi connectivity index (χ3v) is 2.01. The predicted molar refractivity (Wildman–Crippen MR) is 56.7 cm³/mol. The third kappa shape index (κ3) is 9.69. The van der Waals surface area contributed by atoms with Gasteiger partial charge in [-0.15, -0.1) is 0 Å². The highest BCUT2D eigenvalue weighted by Gasteiger charge is 2.25. The topological polar surface area (TPSA) is 132 Å². The van der Waals surface area contributed by atoms with Crippen LogP contribution in [0, 0.1) is 0 Å². The van der Waals surface area contributed by atoms with Crippen LogP contribution in [-0.4, -0.2) is 55.9 Å². The molecule has 0 unspecified atom stereocenters. The first-order valence-corrected chi connectivity index (χ1v) is 5.61. The molecule has 4 N–H and O–H groups in total. The van der Waals surface area contributed by atoms with Crippen molar-refractivity contribution in [2.24, 2.45) is 0 Å². The number of ether oxygens (including phenoxy) is 1. The van der Waals surface area contributed by atoms with Crippen LogP contribution in [0.1, 0.15) is 33.6 Å². The lowest BCUT2D eigenvalue weighted by atomic mass is 10.1. The average Bonchev–Trinajstić information content (AvgIpc) is 2.21. The second-order valence-electron chi connectivity index (χ2n) is 4.04. The molecule has 0 bridgehead atoms. The summed E-state index contributed by atoms with van der Waals surface area (Å²) in [6, 6.07) is 0. The molecule has 10 heteroatoms. The summed E-state index contributed by atoms with van der Waals surface area (Å²) < 4.78 is 4.88. The van der Waals surface area contributed by atoms with Crippen molar-refractivity contribution in [3.05, 3.63) is 0 Å². The maximum absolute atomic E-state index is 11.3. The van der Waals surface area contributed by atoms with Gasteiger partial charge < -0.3 is 4.74 Å². The van der Waals surface area contributed by atoms with Crippen LogP contribution < -0.4 is 0 Å². The van der Waals surface area contributed by atoms with E-state index in [0.717, 1.165) is 0 Å². The molecule has 2 atom stereocenters. The monoisotopic (exact) mass is 284 g/mol. The molecule has 0 amide bonds.